The molecule has 1 unspecified atom stereocenters. The Bertz CT molecular complexity index is 621. The summed E-state index contributed by atoms with van der Waals surface area (Å²) in [6.45, 7) is 0.413. The minimum Gasteiger partial charge on any atom is -0.340 e. The summed E-state index contributed by atoms with van der Waals surface area (Å²) in [5, 5.41) is 3.09. The van der Waals surface area contributed by atoms with Gasteiger partial charge in [0.25, 0.3) is 0 Å². The number of rotatable bonds is 3. The van der Waals surface area contributed by atoms with Gasteiger partial charge in [-0.2, -0.15) is 0 Å². The normalized spacial score (nSPS) is 25.6. The van der Waals surface area contributed by atoms with Gasteiger partial charge in [0.1, 0.15) is 12.2 Å². The molecular formula is C16H20N4O3. The molecule has 3 amide bonds. The molecule has 0 radical (unpaired) electrons. The van der Waals surface area contributed by atoms with Gasteiger partial charge >= 0.3 is 0 Å². The molecule has 7 heteroatoms. The minimum absolute atomic E-state index is 0.0890. The number of amides is 3. The lowest BCUT2D eigenvalue weighted by Crippen LogP contribution is -2.74. The molecule has 2 aliphatic rings. The second kappa shape index (κ2) is 6.00. The number of fused-ring (bicyclic) bond motifs is 1. The average Bonchev–Trinajstić information content (AvgIpc) is 2.53. The lowest BCUT2D eigenvalue weighted by Gasteiger charge is -2.53. The van der Waals surface area contributed by atoms with Crippen LogP contribution in [-0.2, 0) is 20.8 Å². The quantitative estimate of drug-likeness (QED) is 0.708. The molecule has 2 atom stereocenters. The molecule has 1 aromatic rings. The maximum Gasteiger partial charge on any atom is 0.245 e. The first kappa shape index (κ1) is 15.5. The number of benzene rings is 1. The van der Waals surface area contributed by atoms with Crippen molar-refractivity contribution >= 4 is 18.2 Å². The van der Waals surface area contributed by atoms with E-state index in [1.807, 2.05) is 30.3 Å². The van der Waals surface area contributed by atoms with Gasteiger partial charge in [0.2, 0.25) is 18.2 Å². The Kier molecular flexibility index (Phi) is 4.04. The first-order valence-electron chi connectivity index (χ1n) is 7.57. The molecule has 23 heavy (non-hydrogen) atoms. The van der Waals surface area contributed by atoms with Crippen LogP contribution in [0.25, 0.3) is 0 Å². The highest BCUT2D eigenvalue weighted by atomic mass is 16.2. The molecule has 0 aromatic heterocycles. The molecule has 3 rings (SSSR count). The minimum atomic E-state index is -0.579. The molecule has 0 aliphatic carbocycles. The molecule has 122 valence electrons. The molecule has 0 spiro atoms. The van der Waals surface area contributed by atoms with Crippen molar-refractivity contribution < 1.29 is 14.4 Å². The largest absolute Gasteiger partial charge is 0.340 e. The second-order valence-corrected chi connectivity index (χ2v) is 6.01. The molecular weight excluding hydrogens is 296 g/mol. The van der Waals surface area contributed by atoms with Crippen LogP contribution in [0.3, 0.4) is 0 Å². The third kappa shape index (κ3) is 2.68. The van der Waals surface area contributed by atoms with E-state index >= 15 is 0 Å². The highest BCUT2D eigenvalue weighted by Crippen LogP contribution is 2.25. The maximum atomic E-state index is 12.6. The molecule has 0 saturated carbocycles. The Morgan fingerprint density at radius 3 is 2.52 bits per heavy atom. The SMILES string of the molecule is CN1CC2N(C(=O)CN(C)N2C=O)[C@@H](Cc2ccccc2)C1=O. The monoisotopic (exact) mass is 316 g/mol. The molecule has 2 heterocycles. The van der Waals surface area contributed by atoms with Gasteiger partial charge in [0, 0.05) is 20.5 Å². The van der Waals surface area contributed by atoms with E-state index in [0.717, 1.165) is 5.56 Å². The Hall–Kier alpha value is -2.41. The molecule has 0 bridgehead atoms. The van der Waals surface area contributed by atoms with Crippen molar-refractivity contribution in [1.29, 1.82) is 0 Å². The summed E-state index contributed by atoms with van der Waals surface area (Å²) in [7, 11) is 3.41. The van der Waals surface area contributed by atoms with Crippen molar-refractivity contribution in [3.8, 4) is 0 Å². The van der Waals surface area contributed by atoms with Crippen molar-refractivity contribution in [2.75, 3.05) is 27.2 Å². The zero-order valence-electron chi connectivity index (χ0n) is 13.3. The molecule has 0 N–H and O–H groups in total. The Morgan fingerprint density at radius 1 is 1.17 bits per heavy atom. The van der Waals surface area contributed by atoms with E-state index in [-0.39, 0.29) is 18.4 Å². The predicted molar refractivity (Wildman–Crippen MR) is 82.7 cm³/mol. The summed E-state index contributed by atoms with van der Waals surface area (Å²) >= 11 is 0. The first-order valence-corrected chi connectivity index (χ1v) is 7.57. The van der Waals surface area contributed by atoms with E-state index in [1.54, 1.807) is 28.9 Å². The van der Waals surface area contributed by atoms with Gasteiger partial charge in [-0.25, -0.2) is 5.01 Å². The van der Waals surface area contributed by atoms with Crippen LogP contribution in [0.15, 0.2) is 30.3 Å². The smallest absolute Gasteiger partial charge is 0.245 e. The van der Waals surface area contributed by atoms with Crippen LogP contribution < -0.4 is 0 Å². The second-order valence-electron chi connectivity index (χ2n) is 6.01. The highest BCUT2D eigenvalue weighted by molar-refractivity contribution is 5.90. The number of carbonyl (C=O) groups excluding carboxylic acids is 3. The van der Waals surface area contributed by atoms with Crippen molar-refractivity contribution in [3.05, 3.63) is 35.9 Å². The van der Waals surface area contributed by atoms with Crippen molar-refractivity contribution in [1.82, 2.24) is 19.8 Å². The van der Waals surface area contributed by atoms with Gasteiger partial charge < -0.3 is 9.80 Å². The van der Waals surface area contributed by atoms with E-state index in [0.29, 0.717) is 19.4 Å². The Morgan fingerprint density at radius 2 is 1.87 bits per heavy atom. The van der Waals surface area contributed by atoms with E-state index in [2.05, 4.69) is 0 Å². The summed E-state index contributed by atoms with van der Waals surface area (Å²) < 4.78 is 0. The van der Waals surface area contributed by atoms with Crippen molar-refractivity contribution in [2.45, 2.75) is 18.6 Å². The number of carbonyl (C=O) groups is 3. The number of hydrazine groups is 1. The fraction of sp³-hybridized carbons (Fsp3) is 0.438. The van der Waals surface area contributed by atoms with Gasteiger partial charge in [-0.05, 0) is 5.56 Å². The van der Waals surface area contributed by atoms with Crippen molar-refractivity contribution in [3.63, 3.8) is 0 Å². The van der Waals surface area contributed by atoms with Gasteiger partial charge in [-0.15, -0.1) is 0 Å². The standard InChI is InChI=1S/C16H20N4O3/c1-17-9-14-19(11-21)18(2)10-15(22)20(14)13(16(17)23)8-12-6-4-3-5-7-12/h3-7,11,13-14H,8-10H2,1-2H3/t13-,14?/m0/s1. The predicted octanol–water partition coefficient (Wildman–Crippen LogP) is -0.457. The molecule has 2 aliphatic heterocycles. The van der Waals surface area contributed by atoms with E-state index in [4.69, 9.17) is 0 Å². The van der Waals surface area contributed by atoms with Crippen LogP contribution in [0.2, 0.25) is 0 Å². The lowest BCUT2D eigenvalue weighted by molar-refractivity contribution is -0.195. The zero-order chi connectivity index (χ0) is 16.6. The maximum absolute atomic E-state index is 12.6. The van der Waals surface area contributed by atoms with Crippen LogP contribution in [0.1, 0.15) is 5.56 Å². The molecule has 7 nitrogen and oxygen atoms in total. The fourth-order valence-electron chi connectivity index (χ4n) is 3.32. The number of nitrogens with zero attached hydrogens (tertiary/aromatic N) is 4. The third-order valence-corrected chi connectivity index (χ3v) is 4.49. The van der Waals surface area contributed by atoms with Crippen LogP contribution >= 0.6 is 0 Å². The van der Waals surface area contributed by atoms with Gasteiger partial charge in [-0.1, -0.05) is 30.3 Å². The third-order valence-electron chi connectivity index (χ3n) is 4.49. The lowest BCUT2D eigenvalue weighted by atomic mass is 9.99. The van der Waals surface area contributed by atoms with Gasteiger partial charge in [-0.3, -0.25) is 19.4 Å². The summed E-state index contributed by atoms with van der Waals surface area (Å²) in [6, 6.07) is 9.03. The van der Waals surface area contributed by atoms with Gasteiger partial charge in [0.15, 0.2) is 0 Å². The van der Waals surface area contributed by atoms with Crippen molar-refractivity contribution in [2.24, 2.45) is 0 Å². The van der Waals surface area contributed by atoms with E-state index in [9.17, 15) is 14.4 Å². The highest BCUT2D eigenvalue weighted by Gasteiger charge is 2.47. The number of hydrogen-bond donors (Lipinski definition) is 0. The van der Waals surface area contributed by atoms with E-state index < -0.39 is 12.2 Å². The fourth-order valence-corrected chi connectivity index (χ4v) is 3.32. The number of piperazine rings is 1. The summed E-state index contributed by atoms with van der Waals surface area (Å²) in [5.74, 6) is -0.216. The molecule has 1 aromatic carbocycles. The summed E-state index contributed by atoms with van der Waals surface area (Å²) in [6.07, 6.45) is 0.714. The Balaban J connectivity index is 1.94. The zero-order valence-corrected chi connectivity index (χ0v) is 13.3. The Labute approximate surface area is 135 Å². The van der Waals surface area contributed by atoms with Crippen LogP contribution in [0, 0.1) is 0 Å². The molecule has 2 saturated heterocycles. The topological polar surface area (TPSA) is 64.2 Å². The summed E-state index contributed by atoms with van der Waals surface area (Å²) in [5.41, 5.74) is 0.990. The average molecular weight is 316 g/mol. The van der Waals surface area contributed by atoms with Crippen LogP contribution in [0.4, 0.5) is 0 Å². The number of likely N-dealkylation sites (N-methyl/N-ethyl adjacent to an activating group) is 2. The van der Waals surface area contributed by atoms with Crippen LogP contribution in [0.5, 0.6) is 0 Å². The van der Waals surface area contributed by atoms with E-state index in [1.165, 1.54) is 5.01 Å². The number of hydrogen-bond acceptors (Lipinski definition) is 4. The van der Waals surface area contributed by atoms with Crippen LogP contribution in [-0.4, -0.2) is 77.4 Å². The van der Waals surface area contributed by atoms with Gasteiger partial charge in [0.05, 0.1) is 13.1 Å². The first-order chi connectivity index (χ1) is 11.0. The summed E-state index contributed by atoms with van der Waals surface area (Å²) in [4.78, 5) is 39.7. The molecule has 2 fully saturated rings.